The molecule has 1 atom stereocenters. The molecule has 29 heavy (non-hydrogen) atoms. The number of rotatable bonds is 6. The minimum Gasteiger partial charge on any atom is -0.455 e. The Hall–Kier alpha value is -2.68. The van der Waals surface area contributed by atoms with Gasteiger partial charge in [-0.25, -0.2) is 13.1 Å². The Morgan fingerprint density at radius 1 is 1.24 bits per heavy atom. The smallest absolute Gasteiger partial charge is 0.310 e. The van der Waals surface area contributed by atoms with Crippen molar-refractivity contribution in [3.63, 3.8) is 0 Å². The Labute approximate surface area is 170 Å². The van der Waals surface area contributed by atoms with Crippen LogP contribution in [0.1, 0.15) is 30.3 Å². The van der Waals surface area contributed by atoms with Gasteiger partial charge in [0.1, 0.15) is 0 Å². The van der Waals surface area contributed by atoms with Crippen molar-refractivity contribution in [3.05, 3.63) is 47.3 Å². The van der Waals surface area contributed by atoms with E-state index >= 15 is 0 Å². The van der Waals surface area contributed by atoms with Gasteiger partial charge in [-0.05, 0) is 39.3 Å². The molecule has 9 heteroatoms. The van der Waals surface area contributed by atoms with Crippen LogP contribution in [0.15, 0.2) is 30.3 Å². The molecule has 1 saturated heterocycles. The summed E-state index contributed by atoms with van der Waals surface area (Å²) in [6, 6.07) is 9.59. The fourth-order valence-corrected chi connectivity index (χ4v) is 5.67. The van der Waals surface area contributed by atoms with Crippen molar-refractivity contribution in [2.75, 3.05) is 18.1 Å². The molecule has 156 valence electrons. The molecule has 2 aromatic rings. The lowest BCUT2D eigenvalue weighted by Gasteiger charge is -2.23. The Bertz CT molecular complexity index is 1030. The summed E-state index contributed by atoms with van der Waals surface area (Å²) in [7, 11) is -3.13. The molecule has 1 N–H and O–H groups in total. The first-order valence-corrected chi connectivity index (χ1v) is 11.2. The maximum absolute atomic E-state index is 12.3. The fraction of sp³-hybridized carbons (Fsp3) is 0.450. The Kier molecular flexibility index (Phi) is 5.79. The van der Waals surface area contributed by atoms with E-state index in [1.165, 1.54) is 0 Å². The van der Waals surface area contributed by atoms with Crippen molar-refractivity contribution in [2.24, 2.45) is 0 Å². The lowest BCUT2D eigenvalue weighted by atomic mass is 10.0. The zero-order chi connectivity index (χ0) is 21.2. The number of aryl methyl sites for hydroxylation is 1. The number of para-hydroxylation sites is 1. The van der Waals surface area contributed by atoms with Crippen molar-refractivity contribution in [1.82, 2.24) is 15.1 Å². The number of carbonyl (C=O) groups is 2. The van der Waals surface area contributed by atoms with Gasteiger partial charge in [0.15, 0.2) is 16.4 Å². The highest BCUT2D eigenvalue weighted by Crippen LogP contribution is 2.23. The Balaban J connectivity index is 1.58. The molecule has 1 amide bonds. The third kappa shape index (κ3) is 5.03. The number of hydrogen-bond donors (Lipinski definition) is 1. The molecule has 1 aliphatic heterocycles. The highest BCUT2D eigenvalue weighted by molar-refractivity contribution is 7.91. The highest BCUT2D eigenvalue weighted by atomic mass is 32.2. The van der Waals surface area contributed by atoms with Crippen LogP contribution in [-0.2, 0) is 30.6 Å². The van der Waals surface area contributed by atoms with Crippen molar-refractivity contribution < 1.29 is 22.7 Å². The number of esters is 1. The van der Waals surface area contributed by atoms with Crippen molar-refractivity contribution >= 4 is 21.7 Å². The van der Waals surface area contributed by atoms with Gasteiger partial charge in [0.25, 0.3) is 5.91 Å². The molecule has 1 fully saturated rings. The van der Waals surface area contributed by atoms with Gasteiger partial charge in [0.2, 0.25) is 0 Å². The molecule has 0 bridgehead atoms. The van der Waals surface area contributed by atoms with Crippen LogP contribution in [0.3, 0.4) is 0 Å². The number of benzene rings is 1. The number of hydrogen-bond acceptors (Lipinski definition) is 6. The van der Waals surface area contributed by atoms with Crippen molar-refractivity contribution in [3.8, 4) is 5.69 Å². The van der Waals surface area contributed by atoms with E-state index in [9.17, 15) is 18.0 Å². The van der Waals surface area contributed by atoms with E-state index in [4.69, 9.17) is 4.74 Å². The third-order valence-corrected chi connectivity index (χ3v) is 6.97. The highest BCUT2D eigenvalue weighted by Gasteiger charge is 2.39. The largest absolute Gasteiger partial charge is 0.455 e. The molecule has 0 unspecified atom stereocenters. The predicted molar refractivity (Wildman–Crippen MR) is 108 cm³/mol. The summed E-state index contributed by atoms with van der Waals surface area (Å²) in [5.74, 6) is -1.10. The SMILES string of the molecule is Cc1nn(-c2ccccc2)c(C)c1CC(=O)OCC(=O)N[C@@]1(C)CCS(=O)(=O)C1. The molecule has 8 nitrogen and oxygen atoms in total. The van der Waals surface area contributed by atoms with Crippen LogP contribution >= 0.6 is 0 Å². The zero-order valence-electron chi connectivity index (χ0n) is 16.8. The average molecular weight is 420 g/mol. The second-order valence-corrected chi connectivity index (χ2v) is 9.87. The molecular formula is C20H25N3O5S. The Morgan fingerprint density at radius 2 is 1.93 bits per heavy atom. The summed E-state index contributed by atoms with van der Waals surface area (Å²) in [4.78, 5) is 24.3. The van der Waals surface area contributed by atoms with Crippen LogP contribution in [0.25, 0.3) is 5.69 Å². The van der Waals surface area contributed by atoms with Gasteiger partial charge in [-0.3, -0.25) is 9.59 Å². The number of carbonyl (C=O) groups excluding carboxylic acids is 2. The van der Waals surface area contributed by atoms with Crippen LogP contribution < -0.4 is 5.32 Å². The lowest BCUT2D eigenvalue weighted by molar-refractivity contribution is -0.148. The van der Waals surface area contributed by atoms with Crippen LogP contribution in [0.5, 0.6) is 0 Å². The van der Waals surface area contributed by atoms with E-state index in [0.29, 0.717) is 6.42 Å². The number of amides is 1. The van der Waals surface area contributed by atoms with Crippen LogP contribution in [0.4, 0.5) is 0 Å². The zero-order valence-corrected chi connectivity index (χ0v) is 17.6. The van der Waals surface area contributed by atoms with Crippen LogP contribution in [-0.4, -0.2) is 53.7 Å². The van der Waals surface area contributed by atoms with Gasteiger partial charge in [-0.1, -0.05) is 18.2 Å². The molecular weight excluding hydrogens is 394 g/mol. The molecule has 1 aromatic heterocycles. The molecule has 0 spiro atoms. The molecule has 1 aromatic carbocycles. The lowest BCUT2D eigenvalue weighted by Crippen LogP contribution is -2.48. The van der Waals surface area contributed by atoms with Gasteiger partial charge >= 0.3 is 5.97 Å². The first kappa shape index (κ1) is 21.0. The van der Waals surface area contributed by atoms with Crippen molar-refractivity contribution in [2.45, 2.75) is 39.2 Å². The minimum absolute atomic E-state index is 0.00340. The topological polar surface area (TPSA) is 107 Å². The first-order valence-electron chi connectivity index (χ1n) is 9.36. The van der Waals surface area contributed by atoms with Gasteiger partial charge in [0.05, 0.1) is 34.8 Å². The summed E-state index contributed by atoms with van der Waals surface area (Å²) in [6.45, 7) is 4.94. The van der Waals surface area contributed by atoms with Gasteiger partial charge < -0.3 is 10.1 Å². The number of ether oxygens (including phenoxy) is 1. The van der Waals surface area contributed by atoms with Gasteiger partial charge in [0, 0.05) is 11.3 Å². The average Bonchev–Trinajstić information content (AvgIpc) is 3.09. The maximum Gasteiger partial charge on any atom is 0.310 e. The summed E-state index contributed by atoms with van der Waals surface area (Å²) >= 11 is 0. The summed E-state index contributed by atoms with van der Waals surface area (Å²) < 4.78 is 30.1. The molecule has 2 heterocycles. The third-order valence-electron chi connectivity index (χ3n) is 5.07. The van der Waals surface area contributed by atoms with E-state index in [1.54, 1.807) is 11.6 Å². The number of aromatic nitrogens is 2. The maximum atomic E-state index is 12.3. The van der Waals surface area contributed by atoms with E-state index in [2.05, 4.69) is 10.4 Å². The number of nitrogens with zero attached hydrogens (tertiary/aromatic N) is 2. The van der Waals surface area contributed by atoms with Crippen LogP contribution in [0, 0.1) is 13.8 Å². The van der Waals surface area contributed by atoms with Crippen LogP contribution in [0.2, 0.25) is 0 Å². The molecule has 0 aliphatic carbocycles. The fourth-order valence-electron chi connectivity index (χ4n) is 3.57. The number of sulfone groups is 1. The monoisotopic (exact) mass is 419 g/mol. The first-order chi connectivity index (χ1) is 13.6. The Morgan fingerprint density at radius 3 is 2.55 bits per heavy atom. The quantitative estimate of drug-likeness (QED) is 0.707. The molecule has 1 aliphatic rings. The second-order valence-electron chi connectivity index (χ2n) is 7.69. The van der Waals surface area contributed by atoms with Crippen molar-refractivity contribution in [1.29, 1.82) is 0 Å². The summed E-state index contributed by atoms with van der Waals surface area (Å²) in [5.41, 5.74) is 2.39. The minimum atomic E-state index is -3.13. The standard InChI is InChI=1S/C20H25N3O5S/c1-14-17(15(2)23(22-14)16-7-5-4-6-8-16)11-19(25)28-12-18(24)21-20(3)9-10-29(26,27)13-20/h4-8H,9-13H2,1-3H3,(H,21,24)/t20-/m0/s1. The van der Waals surface area contributed by atoms with Gasteiger partial charge in [-0.15, -0.1) is 0 Å². The van der Waals surface area contributed by atoms with E-state index in [1.807, 2.05) is 44.2 Å². The second kappa shape index (κ2) is 7.98. The number of nitrogens with one attached hydrogen (secondary N) is 1. The summed E-state index contributed by atoms with van der Waals surface area (Å²) in [5, 5.41) is 7.16. The van der Waals surface area contributed by atoms with E-state index in [0.717, 1.165) is 22.6 Å². The van der Waals surface area contributed by atoms with Gasteiger partial charge in [-0.2, -0.15) is 5.10 Å². The molecule has 0 saturated carbocycles. The van der Waals surface area contributed by atoms with E-state index in [-0.39, 0.29) is 17.9 Å². The molecule has 3 rings (SSSR count). The summed E-state index contributed by atoms with van der Waals surface area (Å²) in [6.07, 6.45) is 0.357. The normalized spacial score (nSPS) is 20.4. The molecule has 0 radical (unpaired) electrons. The van der Waals surface area contributed by atoms with E-state index < -0.39 is 33.9 Å². The predicted octanol–water partition coefficient (Wildman–Crippen LogP) is 1.27.